The van der Waals surface area contributed by atoms with E-state index in [1.54, 1.807) is 0 Å². The Bertz CT molecular complexity index is 311. The maximum Gasteiger partial charge on any atom is 0.239 e. The molecule has 3 nitrogen and oxygen atoms in total. The number of carbonyl (C=O) groups is 1. The predicted molar refractivity (Wildman–Crippen MR) is 67.4 cm³/mol. The minimum absolute atomic E-state index is 0.0461. The summed E-state index contributed by atoms with van der Waals surface area (Å²) in [5.74, 6) is 0.0461. The normalized spacial score (nSPS) is 11.9. The van der Waals surface area contributed by atoms with Gasteiger partial charge in [0.15, 0.2) is 0 Å². The molecule has 1 aromatic carbocycles. The van der Waals surface area contributed by atoms with Crippen LogP contribution < -0.4 is 10.6 Å². The first-order valence-electron chi connectivity index (χ1n) is 5.80. The van der Waals surface area contributed by atoms with Gasteiger partial charge in [0.2, 0.25) is 5.91 Å². The fourth-order valence-corrected chi connectivity index (χ4v) is 1.57. The average Bonchev–Trinajstić information content (AvgIpc) is 2.28. The summed E-state index contributed by atoms with van der Waals surface area (Å²) >= 11 is 0. The highest BCUT2D eigenvalue weighted by Crippen LogP contribution is 2.03. The zero-order valence-corrected chi connectivity index (χ0v) is 9.99. The number of anilines is 1. The Kier molecular flexibility index (Phi) is 5.40. The van der Waals surface area contributed by atoms with E-state index in [-0.39, 0.29) is 11.9 Å². The summed E-state index contributed by atoms with van der Waals surface area (Å²) in [6.07, 6.45) is 2.12. The van der Waals surface area contributed by atoms with Crippen molar-refractivity contribution >= 4 is 11.6 Å². The number of para-hydroxylation sites is 1. The quantitative estimate of drug-likeness (QED) is 0.773. The zero-order chi connectivity index (χ0) is 11.8. The van der Waals surface area contributed by atoms with Gasteiger partial charge in [-0.05, 0) is 25.5 Å². The number of hydrogen-bond donors (Lipinski definition) is 2. The number of nitrogens with one attached hydrogen (secondary N) is 2. The van der Waals surface area contributed by atoms with Crippen LogP contribution in [0.1, 0.15) is 26.7 Å². The maximum absolute atomic E-state index is 11.5. The van der Waals surface area contributed by atoms with Gasteiger partial charge in [0.1, 0.15) is 0 Å². The molecule has 2 N–H and O–H groups in total. The zero-order valence-electron chi connectivity index (χ0n) is 9.99. The number of carbonyl (C=O) groups excluding carboxylic acids is 1. The molecule has 0 spiro atoms. The summed E-state index contributed by atoms with van der Waals surface area (Å²) in [6.45, 7) is 4.48. The fraction of sp³-hybridized carbons (Fsp3) is 0.462. The summed E-state index contributed by atoms with van der Waals surface area (Å²) in [5.41, 5.74) is 0.973. The van der Waals surface area contributed by atoms with Crippen LogP contribution in [0.25, 0.3) is 0 Å². The molecule has 1 aromatic rings. The number of hydrogen-bond acceptors (Lipinski definition) is 2. The first-order chi connectivity index (χ1) is 7.72. The molecule has 0 bridgehead atoms. The minimum atomic E-state index is 0.0461. The summed E-state index contributed by atoms with van der Waals surface area (Å²) in [7, 11) is 0. The van der Waals surface area contributed by atoms with Gasteiger partial charge < -0.3 is 10.6 Å². The maximum atomic E-state index is 11.5. The Labute approximate surface area is 97.2 Å². The molecule has 0 aromatic heterocycles. The SMILES string of the molecule is CCCC(C)NC(=O)CNc1ccccc1. The van der Waals surface area contributed by atoms with Crippen LogP contribution in [0.2, 0.25) is 0 Å². The molecule has 0 heterocycles. The Morgan fingerprint density at radius 2 is 2.00 bits per heavy atom. The topological polar surface area (TPSA) is 41.1 Å². The Balaban J connectivity index is 2.25. The molecule has 16 heavy (non-hydrogen) atoms. The lowest BCUT2D eigenvalue weighted by atomic mass is 10.2. The van der Waals surface area contributed by atoms with E-state index in [0.29, 0.717) is 6.54 Å². The van der Waals surface area contributed by atoms with Crippen LogP contribution in [0, 0.1) is 0 Å². The summed E-state index contributed by atoms with van der Waals surface area (Å²) in [4.78, 5) is 11.5. The monoisotopic (exact) mass is 220 g/mol. The fourth-order valence-electron chi connectivity index (χ4n) is 1.57. The number of amides is 1. The molecule has 1 amide bonds. The Morgan fingerprint density at radius 1 is 1.31 bits per heavy atom. The second kappa shape index (κ2) is 6.88. The van der Waals surface area contributed by atoms with Gasteiger partial charge in [-0.3, -0.25) is 4.79 Å². The molecule has 0 aliphatic carbocycles. The molecular formula is C13H20N2O. The van der Waals surface area contributed by atoms with E-state index in [0.717, 1.165) is 18.5 Å². The molecule has 0 aliphatic rings. The van der Waals surface area contributed by atoms with Crippen molar-refractivity contribution in [3.8, 4) is 0 Å². The third-order valence-corrected chi connectivity index (χ3v) is 2.36. The van der Waals surface area contributed by atoms with Gasteiger partial charge in [-0.2, -0.15) is 0 Å². The van der Waals surface area contributed by atoms with E-state index in [4.69, 9.17) is 0 Å². The number of benzene rings is 1. The van der Waals surface area contributed by atoms with E-state index in [9.17, 15) is 4.79 Å². The van der Waals surface area contributed by atoms with Crippen LogP contribution >= 0.6 is 0 Å². The Hall–Kier alpha value is -1.51. The van der Waals surface area contributed by atoms with Crippen molar-refractivity contribution < 1.29 is 4.79 Å². The summed E-state index contributed by atoms with van der Waals surface area (Å²) in [5, 5.41) is 6.03. The van der Waals surface area contributed by atoms with Crippen molar-refractivity contribution in [2.24, 2.45) is 0 Å². The van der Waals surface area contributed by atoms with Crippen LogP contribution in [-0.2, 0) is 4.79 Å². The van der Waals surface area contributed by atoms with Gasteiger partial charge in [0, 0.05) is 11.7 Å². The molecule has 0 aliphatic heterocycles. The molecule has 0 saturated carbocycles. The van der Waals surface area contributed by atoms with Crippen molar-refractivity contribution in [3.05, 3.63) is 30.3 Å². The molecule has 0 saturated heterocycles. The standard InChI is InChI=1S/C13H20N2O/c1-3-7-11(2)15-13(16)10-14-12-8-5-4-6-9-12/h4-6,8-9,11,14H,3,7,10H2,1-2H3,(H,15,16). The van der Waals surface area contributed by atoms with Gasteiger partial charge in [-0.1, -0.05) is 31.5 Å². The number of rotatable bonds is 6. The van der Waals surface area contributed by atoms with E-state index in [1.165, 1.54) is 0 Å². The first-order valence-corrected chi connectivity index (χ1v) is 5.80. The molecule has 1 atom stereocenters. The van der Waals surface area contributed by atoms with Crippen LogP contribution in [0.15, 0.2) is 30.3 Å². The molecule has 1 unspecified atom stereocenters. The predicted octanol–water partition coefficient (Wildman–Crippen LogP) is 2.40. The highest BCUT2D eigenvalue weighted by molar-refractivity contribution is 5.80. The van der Waals surface area contributed by atoms with Gasteiger partial charge in [0.25, 0.3) is 0 Å². The van der Waals surface area contributed by atoms with E-state index >= 15 is 0 Å². The largest absolute Gasteiger partial charge is 0.376 e. The van der Waals surface area contributed by atoms with E-state index in [2.05, 4.69) is 17.6 Å². The first kappa shape index (κ1) is 12.6. The van der Waals surface area contributed by atoms with Crippen LogP contribution in [-0.4, -0.2) is 18.5 Å². The van der Waals surface area contributed by atoms with Crippen molar-refractivity contribution in [3.63, 3.8) is 0 Å². The van der Waals surface area contributed by atoms with Gasteiger partial charge in [0.05, 0.1) is 6.54 Å². The summed E-state index contributed by atoms with van der Waals surface area (Å²) < 4.78 is 0. The third kappa shape index (κ3) is 4.82. The van der Waals surface area contributed by atoms with Crippen LogP contribution in [0.3, 0.4) is 0 Å². The Morgan fingerprint density at radius 3 is 2.62 bits per heavy atom. The van der Waals surface area contributed by atoms with Crippen LogP contribution in [0.5, 0.6) is 0 Å². The second-order valence-electron chi connectivity index (χ2n) is 3.98. The molecule has 0 radical (unpaired) electrons. The highest BCUT2D eigenvalue weighted by Gasteiger charge is 2.05. The molecule has 3 heteroatoms. The lowest BCUT2D eigenvalue weighted by molar-refractivity contribution is -0.120. The van der Waals surface area contributed by atoms with Crippen molar-refractivity contribution in [1.82, 2.24) is 5.32 Å². The summed E-state index contributed by atoms with van der Waals surface area (Å²) in [6, 6.07) is 10.00. The second-order valence-corrected chi connectivity index (χ2v) is 3.98. The van der Waals surface area contributed by atoms with Gasteiger partial charge >= 0.3 is 0 Å². The third-order valence-electron chi connectivity index (χ3n) is 2.36. The smallest absolute Gasteiger partial charge is 0.239 e. The molecular weight excluding hydrogens is 200 g/mol. The molecule has 88 valence electrons. The lowest BCUT2D eigenvalue weighted by Gasteiger charge is -2.13. The van der Waals surface area contributed by atoms with Crippen molar-refractivity contribution in [2.75, 3.05) is 11.9 Å². The molecule has 0 fully saturated rings. The van der Waals surface area contributed by atoms with Crippen LogP contribution in [0.4, 0.5) is 5.69 Å². The van der Waals surface area contributed by atoms with E-state index < -0.39 is 0 Å². The average molecular weight is 220 g/mol. The van der Waals surface area contributed by atoms with E-state index in [1.807, 2.05) is 37.3 Å². The van der Waals surface area contributed by atoms with Gasteiger partial charge in [-0.15, -0.1) is 0 Å². The van der Waals surface area contributed by atoms with Gasteiger partial charge in [-0.25, -0.2) is 0 Å². The van der Waals surface area contributed by atoms with Crippen molar-refractivity contribution in [2.45, 2.75) is 32.7 Å². The lowest BCUT2D eigenvalue weighted by Crippen LogP contribution is -2.36. The van der Waals surface area contributed by atoms with Crippen molar-refractivity contribution in [1.29, 1.82) is 0 Å². The highest BCUT2D eigenvalue weighted by atomic mass is 16.1. The molecule has 1 rings (SSSR count). The minimum Gasteiger partial charge on any atom is -0.376 e.